The van der Waals surface area contributed by atoms with E-state index in [1.54, 1.807) is 0 Å². The second-order valence-corrected chi connectivity index (χ2v) is 7.19. The van der Waals surface area contributed by atoms with Crippen molar-refractivity contribution in [3.63, 3.8) is 0 Å². The number of carbonyl (C=O) groups is 3. The third-order valence-corrected chi connectivity index (χ3v) is 4.26. The number of esters is 3. The van der Waals surface area contributed by atoms with E-state index in [9.17, 15) is 107 Å². The van der Waals surface area contributed by atoms with Crippen molar-refractivity contribution in [1.29, 1.82) is 0 Å². The molecule has 0 aliphatic carbocycles. The Balaban J connectivity index is 6.58. The van der Waals surface area contributed by atoms with Gasteiger partial charge in [-0.1, -0.05) is 0 Å². The number of rotatable bonds is 8. The maximum Gasteiger partial charge on any atom is 0.442 e. The van der Waals surface area contributed by atoms with Gasteiger partial charge in [0.15, 0.2) is 6.10 Å². The SMILES string of the molecule is O=C(OCC(COC(=O)C(F)(C(F)(F)F)C(F)(F)F)OC(=O)C(F)(C(F)(F)F)C(F)(F)F)C(F)(C(F)(F)F)C(F)(F)F. The molecule has 0 aliphatic rings. The van der Waals surface area contributed by atoms with Gasteiger partial charge in [-0.05, 0) is 0 Å². The first-order valence-electron chi connectivity index (χ1n) is 9.07. The fourth-order valence-electron chi connectivity index (χ4n) is 2.06. The lowest BCUT2D eigenvalue weighted by atomic mass is 10.1. The summed E-state index contributed by atoms with van der Waals surface area (Å²) in [7, 11) is 0. The van der Waals surface area contributed by atoms with E-state index in [2.05, 4.69) is 14.2 Å². The lowest BCUT2D eigenvalue weighted by Gasteiger charge is -2.31. The minimum atomic E-state index is -7.44. The van der Waals surface area contributed by atoms with E-state index < -0.39 is 91.3 Å². The van der Waals surface area contributed by atoms with Gasteiger partial charge < -0.3 is 14.2 Å². The molecule has 27 heteroatoms. The van der Waals surface area contributed by atoms with E-state index in [1.165, 1.54) is 0 Å². The first-order chi connectivity index (χ1) is 18.0. The molecule has 42 heavy (non-hydrogen) atoms. The van der Waals surface area contributed by atoms with E-state index in [1.807, 2.05) is 0 Å². The molecule has 0 fully saturated rings. The molecular formula is C15H5F21O6. The van der Waals surface area contributed by atoms with Crippen molar-refractivity contribution in [2.45, 2.75) is 60.2 Å². The average Bonchev–Trinajstić information content (AvgIpc) is 2.73. The lowest BCUT2D eigenvalue weighted by molar-refractivity contribution is -0.338. The van der Waals surface area contributed by atoms with E-state index >= 15 is 0 Å². The topological polar surface area (TPSA) is 78.9 Å². The van der Waals surface area contributed by atoms with Crippen molar-refractivity contribution in [1.82, 2.24) is 0 Å². The molecular weight excluding hydrogens is 675 g/mol. The van der Waals surface area contributed by atoms with E-state index in [0.29, 0.717) is 0 Å². The Kier molecular flexibility index (Phi) is 10.4. The molecule has 0 aromatic heterocycles. The van der Waals surface area contributed by atoms with Crippen LogP contribution in [0.4, 0.5) is 92.2 Å². The zero-order chi connectivity index (χ0) is 34.3. The molecule has 0 aliphatic heterocycles. The van der Waals surface area contributed by atoms with Crippen molar-refractivity contribution in [2.24, 2.45) is 0 Å². The van der Waals surface area contributed by atoms with Crippen molar-refractivity contribution in [2.75, 3.05) is 13.2 Å². The second-order valence-electron chi connectivity index (χ2n) is 7.19. The van der Waals surface area contributed by atoms with Gasteiger partial charge in [-0.25, -0.2) is 27.6 Å². The lowest BCUT2D eigenvalue weighted by Crippen LogP contribution is -2.61. The highest BCUT2D eigenvalue weighted by Crippen LogP contribution is 2.49. The Hall–Kier alpha value is -3.06. The number of hydrogen-bond acceptors (Lipinski definition) is 6. The fraction of sp³-hybridized carbons (Fsp3) is 0.800. The number of alkyl halides is 21. The summed E-state index contributed by atoms with van der Waals surface area (Å²) in [5.74, 6) is -12.9. The van der Waals surface area contributed by atoms with Gasteiger partial charge in [-0.15, -0.1) is 0 Å². The molecule has 6 nitrogen and oxygen atoms in total. The molecule has 0 unspecified atom stereocenters. The van der Waals surface area contributed by atoms with Crippen LogP contribution in [0.25, 0.3) is 0 Å². The fourth-order valence-corrected chi connectivity index (χ4v) is 2.06. The maximum atomic E-state index is 13.7. The van der Waals surface area contributed by atoms with Gasteiger partial charge in [0.1, 0.15) is 13.2 Å². The van der Waals surface area contributed by atoms with Gasteiger partial charge >= 0.3 is 72.0 Å². The monoisotopic (exact) mass is 680 g/mol. The first-order valence-corrected chi connectivity index (χ1v) is 9.07. The molecule has 0 aromatic carbocycles. The summed E-state index contributed by atoms with van der Waals surface area (Å²) in [4.78, 5) is 33.6. The quantitative estimate of drug-likeness (QED) is 0.192. The minimum Gasteiger partial charge on any atom is -0.459 e. The Labute approximate surface area is 213 Å². The number of ether oxygens (including phenoxy) is 3. The smallest absolute Gasteiger partial charge is 0.442 e. The van der Waals surface area contributed by atoms with E-state index in [4.69, 9.17) is 0 Å². The van der Waals surface area contributed by atoms with Crippen LogP contribution in [0.3, 0.4) is 0 Å². The maximum absolute atomic E-state index is 13.7. The highest BCUT2D eigenvalue weighted by Gasteiger charge is 2.81. The number of carbonyl (C=O) groups excluding carboxylic acids is 3. The third kappa shape index (κ3) is 6.94. The Morgan fingerprint density at radius 2 is 0.571 bits per heavy atom. The van der Waals surface area contributed by atoms with Crippen LogP contribution < -0.4 is 0 Å². The van der Waals surface area contributed by atoms with Crippen LogP contribution in [0.1, 0.15) is 0 Å². The van der Waals surface area contributed by atoms with E-state index in [-0.39, 0.29) is 0 Å². The van der Waals surface area contributed by atoms with Crippen LogP contribution in [0.5, 0.6) is 0 Å². The van der Waals surface area contributed by atoms with Gasteiger partial charge in [0, 0.05) is 0 Å². The van der Waals surface area contributed by atoms with Crippen molar-refractivity contribution in [3.8, 4) is 0 Å². The molecule has 0 saturated carbocycles. The molecule has 0 heterocycles. The van der Waals surface area contributed by atoms with Crippen LogP contribution in [-0.2, 0) is 28.6 Å². The third-order valence-electron chi connectivity index (χ3n) is 4.26. The summed E-state index contributed by atoms with van der Waals surface area (Å²) in [6.07, 6.45) is -48.3. The summed E-state index contributed by atoms with van der Waals surface area (Å²) >= 11 is 0. The van der Waals surface area contributed by atoms with Crippen LogP contribution >= 0.6 is 0 Å². The highest BCUT2D eigenvalue weighted by molar-refractivity contribution is 5.83. The molecule has 0 rings (SSSR count). The molecule has 0 amide bonds. The Morgan fingerprint density at radius 3 is 0.762 bits per heavy atom. The first kappa shape index (κ1) is 38.9. The molecule has 0 N–H and O–H groups in total. The summed E-state index contributed by atoms with van der Waals surface area (Å²) in [5, 5.41) is 0. The zero-order valence-electron chi connectivity index (χ0n) is 18.4. The standard InChI is InChI=1S/C15H5F21O6/c16-7(10(19,20)21,11(22,23)24)4(37)40-1-3(42-6(39)9(18,14(31,32)33)15(34,35)36)2-41-5(38)8(17,12(25,26)27)13(28,29)30/h3H,1-2H2. The van der Waals surface area contributed by atoms with Gasteiger partial charge in [0.25, 0.3) is 0 Å². The van der Waals surface area contributed by atoms with Crippen LogP contribution in [0.2, 0.25) is 0 Å². The molecule has 0 atom stereocenters. The van der Waals surface area contributed by atoms with Crippen LogP contribution in [0.15, 0.2) is 0 Å². The molecule has 0 saturated heterocycles. The van der Waals surface area contributed by atoms with Crippen molar-refractivity contribution < 1.29 is 121 Å². The van der Waals surface area contributed by atoms with Gasteiger partial charge in [0.05, 0.1) is 0 Å². The molecule has 248 valence electrons. The minimum absolute atomic E-state index is 2.91. The highest BCUT2D eigenvalue weighted by atomic mass is 19.4. The van der Waals surface area contributed by atoms with Crippen LogP contribution in [0, 0.1) is 0 Å². The summed E-state index contributed by atoms with van der Waals surface area (Å²) in [6.45, 7) is -6.09. The molecule has 0 bridgehead atoms. The zero-order valence-corrected chi connectivity index (χ0v) is 18.4. The number of hydrogen-bond donors (Lipinski definition) is 0. The van der Waals surface area contributed by atoms with Gasteiger partial charge in [-0.3, -0.25) is 0 Å². The normalized spacial score (nSPS) is 15.0. The van der Waals surface area contributed by atoms with Gasteiger partial charge in [-0.2, -0.15) is 79.0 Å². The average molecular weight is 680 g/mol. The Bertz CT molecular complexity index is 901. The predicted molar refractivity (Wildman–Crippen MR) is 79.6 cm³/mol. The Morgan fingerprint density at radius 1 is 0.381 bits per heavy atom. The summed E-state index contributed by atoms with van der Waals surface area (Å²) in [6, 6.07) is 0. The largest absolute Gasteiger partial charge is 0.459 e. The molecule has 0 spiro atoms. The van der Waals surface area contributed by atoms with E-state index in [0.717, 1.165) is 0 Å². The summed E-state index contributed by atoms with van der Waals surface area (Å²) in [5.41, 5.74) is -21.5. The molecule has 0 aromatic rings. The molecule has 0 radical (unpaired) electrons. The van der Waals surface area contributed by atoms with Crippen molar-refractivity contribution in [3.05, 3.63) is 0 Å². The predicted octanol–water partition coefficient (Wildman–Crippen LogP) is 5.48. The summed E-state index contributed by atoms with van der Waals surface area (Å²) < 4.78 is 275. The van der Waals surface area contributed by atoms with Crippen molar-refractivity contribution >= 4 is 17.9 Å². The number of halogens is 21. The second kappa shape index (κ2) is 11.2. The van der Waals surface area contributed by atoms with Crippen LogP contribution in [-0.4, -0.2) is 91.3 Å². The van der Waals surface area contributed by atoms with Gasteiger partial charge in [0.2, 0.25) is 0 Å².